The van der Waals surface area contributed by atoms with Crippen molar-refractivity contribution in [2.45, 2.75) is 26.9 Å². The van der Waals surface area contributed by atoms with Crippen LogP contribution in [0.3, 0.4) is 0 Å². The third-order valence-corrected chi connectivity index (χ3v) is 4.88. The van der Waals surface area contributed by atoms with Crippen molar-refractivity contribution < 1.29 is 8.42 Å². The molecule has 25 heavy (non-hydrogen) atoms. The normalized spacial score (nSPS) is 12.0. The topological polar surface area (TPSA) is 82.6 Å². The van der Waals surface area contributed by atoms with E-state index in [1.165, 1.54) is 9.75 Å². The third-order valence-electron chi connectivity index (χ3n) is 3.29. The monoisotopic (exact) mass is 380 g/mol. The van der Waals surface area contributed by atoms with Crippen LogP contribution < -0.4 is 15.4 Å². The minimum absolute atomic E-state index is 0.373. The quantitative estimate of drug-likeness (QED) is 0.509. The summed E-state index contributed by atoms with van der Waals surface area (Å²) in [6.07, 6.45) is 1.14. The molecule has 8 heteroatoms. The molecule has 0 fully saturated rings. The highest BCUT2D eigenvalue weighted by molar-refractivity contribution is 7.92. The maximum atomic E-state index is 11.5. The molecule has 0 bridgehead atoms. The number of para-hydroxylation sites is 1. The van der Waals surface area contributed by atoms with Gasteiger partial charge in [0.05, 0.1) is 25.0 Å². The van der Waals surface area contributed by atoms with Crippen LogP contribution in [0.1, 0.15) is 22.2 Å². The highest BCUT2D eigenvalue weighted by Gasteiger charge is 2.07. The number of benzene rings is 1. The lowest BCUT2D eigenvalue weighted by molar-refractivity contribution is 0.606. The van der Waals surface area contributed by atoms with Crippen LogP contribution in [-0.2, 0) is 23.1 Å². The molecule has 0 atom stereocenters. The largest absolute Gasteiger partial charge is 0.357 e. The number of aryl methyl sites for hydroxylation is 1. The molecule has 1 heterocycles. The molecule has 1 aromatic carbocycles. The zero-order valence-electron chi connectivity index (χ0n) is 14.7. The summed E-state index contributed by atoms with van der Waals surface area (Å²) in [4.78, 5) is 7.08. The molecule has 6 nitrogen and oxygen atoms in total. The minimum atomic E-state index is -3.32. The summed E-state index contributed by atoms with van der Waals surface area (Å²) >= 11 is 1.75. The first-order chi connectivity index (χ1) is 11.9. The van der Waals surface area contributed by atoms with Gasteiger partial charge in [-0.1, -0.05) is 18.2 Å². The average Bonchev–Trinajstić information content (AvgIpc) is 2.95. The molecule has 0 saturated carbocycles. The number of aliphatic imine (C=N–C) groups is 1. The van der Waals surface area contributed by atoms with Crippen molar-refractivity contribution in [3.05, 3.63) is 51.7 Å². The number of sulfonamides is 1. The molecular weight excluding hydrogens is 356 g/mol. The molecule has 0 amide bonds. The van der Waals surface area contributed by atoms with Crippen LogP contribution in [0, 0.1) is 6.92 Å². The van der Waals surface area contributed by atoms with Gasteiger partial charge in [0.15, 0.2) is 5.96 Å². The Labute approximate surface area is 153 Å². The zero-order valence-corrected chi connectivity index (χ0v) is 16.3. The Balaban J connectivity index is 2.07. The van der Waals surface area contributed by atoms with E-state index in [9.17, 15) is 8.42 Å². The Morgan fingerprint density at radius 1 is 1.16 bits per heavy atom. The molecule has 2 aromatic rings. The molecule has 0 aliphatic heterocycles. The first-order valence-corrected chi connectivity index (χ1v) is 10.7. The number of hydrogen-bond acceptors (Lipinski definition) is 4. The van der Waals surface area contributed by atoms with Crippen LogP contribution in [0.15, 0.2) is 41.4 Å². The smallest absolute Gasteiger partial charge is 0.229 e. The van der Waals surface area contributed by atoms with Gasteiger partial charge in [0.25, 0.3) is 0 Å². The van der Waals surface area contributed by atoms with Crippen molar-refractivity contribution in [1.82, 2.24) is 10.6 Å². The van der Waals surface area contributed by atoms with Crippen LogP contribution in [0.25, 0.3) is 0 Å². The van der Waals surface area contributed by atoms with Gasteiger partial charge in [-0.15, -0.1) is 11.3 Å². The minimum Gasteiger partial charge on any atom is -0.357 e. The second-order valence-electron chi connectivity index (χ2n) is 5.59. The Kier molecular flexibility index (Phi) is 6.83. The first kappa shape index (κ1) is 19.3. The third kappa shape index (κ3) is 6.75. The van der Waals surface area contributed by atoms with Crippen LogP contribution in [-0.4, -0.2) is 27.2 Å². The molecule has 0 radical (unpaired) electrons. The van der Waals surface area contributed by atoms with Gasteiger partial charge in [0.1, 0.15) is 0 Å². The Hall–Kier alpha value is -2.06. The van der Waals surface area contributed by atoms with Crippen LogP contribution in [0.4, 0.5) is 5.69 Å². The molecule has 0 aliphatic carbocycles. The lowest BCUT2D eigenvalue weighted by Crippen LogP contribution is -2.36. The summed E-state index contributed by atoms with van der Waals surface area (Å²) in [6, 6.07) is 11.5. The van der Waals surface area contributed by atoms with E-state index in [4.69, 9.17) is 0 Å². The van der Waals surface area contributed by atoms with Crippen molar-refractivity contribution in [2.24, 2.45) is 4.99 Å². The van der Waals surface area contributed by atoms with E-state index in [1.54, 1.807) is 23.5 Å². The van der Waals surface area contributed by atoms with Crippen molar-refractivity contribution in [2.75, 3.05) is 17.5 Å². The Morgan fingerprint density at radius 3 is 2.56 bits per heavy atom. The summed E-state index contributed by atoms with van der Waals surface area (Å²) in [7, 11) is -3.32. The fraction of sp³-hybridized carbons (Fsp3) is 0.353. The Bertz CT molecular complexity index is 829. The fourth-order valence-electron chi connectivity index (χ4n) is 2.21. The second-order valence-corrected chi connectivity index (χ2v) is 8.71. The number of anilines is 1. The predicted octanol–water partition coefficient (Wildman–Crippen LogP) is 2.68. The molecule has 0 aliphatic rings. The van der Waals surface area contributed by atoms with Crippen molar-refractivity contribution >= 4 is 33.0 Å². The predicted molar refractivity (Wildman–Crippen MR) is 106 cm³/mol. The lowest BCUT2D eigenvalue weighted by Gasteiger charge is -2.12. The summed E-state index contributed by atoms with van der Waals surface area (Å²) < 4.78 is 25.5. The molecule has 3 N–H and O–H groups in total. The van der Waals surface area contributed by atoms with E-state index < -0.39 is 10.0 Å². The van der Waals surface area contributed by atoms with Gasteiger partial charge >= 0.3 is 0 Å². The molecular formula is C17H24N4O2S2. The van der Waals surface area contributed by atoms with Gasteiger partial charge in [-0.25, -0.2) is 13.4 Å². The van der Waals surface area contributed by atoms with Crippen molar-refractivity contribution in [1.29, 1.82) is 0 Å². The summed E-state index contributed by atoms with van der Waals surface area (Å²) in [5, 5.41) is 6.50. The molecule has 0 spiro atoms. The van der Waals surface area contributed by atoms with E-state index in [1.807, 2.05) is 19.1 Å². The number of nitrogens with one attached hydrogen (secondary N) is 3. The average molecular weight is 381 g/mol. The maximum Gasteiger partial charge on any atom is 0.229 e. The van der Waals surface area contributed by atoms with E-state index in [2.05, 4.69) is 39.4 Å². The number of rotatable bonds is 7. The summed E-state index contributed by atoms with van der Waals surface area (Å²) in [5.41, 5.74) is 1.37. The van der Waals surface area contributed by atoms with E-state index in [-0.39, 0.29) is 0 Å². The molecule has 0 saturated heterocycles. The first-order valence-electron chi connectivity index (χ1n) is 8.00. The van der Waals surface area contributed by atoms with Gasteiger partial charge in [0.2, 0.25) is 10.0 Å². The highest BCUT2D eigenvalue weighted by atomic mass is 32.2. The molecule has 136 valence electrons. The van der Waals surface area contributed by atoms with Gasteiger partial charge in [-0.3, -0.25) is 4.72 Å². The number of thiophene rings is 1. The van der Waals surface area contributed by atoms with Crippen molar-refractivity contribution in [3.63, 3.8) is 0 Å². The van der Waals surface area contributed by atoms with Crippen LogP contribution in [0.2, 0.25) is 0 Å². The Morgan fingerprint density at radius 2 is 1.92 bits per heavy atom. The van der Waals surface area contributed by atoms with Gasteiger partial charge in [0, 0.05) is 16.3 Å². The van der Waals surface area contributed by atoms with Gasteiger partial charge in [-0.05, 0) is 37.6 Å². The molecule has 0 unspecified atom stereocenters. The maximum absolute atomic E-state index is 11.5. The standard InChI is InChI=1S/C17H24N4O2S2/c1-4-18-17(20-12-15-10-9-13(2)24-15)19-11-14-7-5-6-8-16(14)21-25(3,22)23/h5-10,21H,4,11-12H2,1-3H3,(H2,18,19,20). The van der Waals surface area contributed by atoms with Crippen LogP contribution in [0.5, 0.6) is 0 Å². The highest BCUT2D eigenvalue weighted by Crippen LogP contribution is 2.17. The molecule has 1 aromatic heterocycles. The lowest BCUT2D eigenvalue weighted by atomic mass is 10.2. The SMILES string of the molecule is CCNC(=NCc1ccccc1NS(C)(=O)=O)NCc1ccc(C)s1. The fourth-order valence-corrected chi connectivity index (χ4v) is 3.64. The summed E-state index contributed by atoms with van der Waals surface area (Å²) in [5.74, 6) is 0.697. The van der Waals surface area contributed by atoms with Crippen LogP contribution >= 0.6 is 11.3 Å². The zero-order chi connectivity index (χ0) is 18.3. The van der Waals surface area contributed by atoms with Gasteiger partial charge in [-0.2, -0.15) is 0 Å². The number of nitrogens with zero attached hydrogens (tertiary/aromatic N) is 1. The van der Waals surface area contributed by atoms with E-state index >= 15 is 0 Å². The second kappa shape index (κ2) is 8.87. The van der Waals surface area contributed by atoms with Crippen molar-refractivity contribution in [3.8, 4) is 0 Å². The van der Waals surface area contributed by atoms with E-state index in [0.29, 0.717) is 24.7 Å². The molecule has 2 rings (SSSR count). The summed E-state index contributed by atoms with van der Waals surface area (Å²) in [6.45, 7) is 5.91. The number of hydrogen-bond donors (Lipinski definition) is 3. The van der Waals surface area contributed by atoms with Gasteiger partial charge < -0.3 is 10.6 Å². The van der Waals surface area contributed by atoms with E-state index in [0.717, 1.165) is 18.4 Å². The number of guanidine groups is 1.